The van der Waals surface area contributed by atoms with Crippen LogP contribution in [0.2, 0.25) is 0 Å². The summed E-state index contributed by atoms with van der Waals surface area (Å²) in [6.07, 6.45) is 1.31. The van der Waals surface area contributed by atoms with Crippen molar-refractivity contribution in [3.8, 4) is 0 Å². The van der Waals surface area contributed by atoms with Crippen LogP contribution in [0.15, 0.2) is 11.8 Å². The van der Waals surface area contributed by atoms with Crippen LogP contribution in [0.25, 0.3) is 0 Å². The highest BCUT2D eigenvalue weighted by atomic mass is 16.7. The van der Waals surface area contributed by atoms with Crippen molar-refractivity contribution in [3.05, 3.63) is 11.8 Å². The van der Waals surface area contributed by atoms with E-state index in [9.17, 15) is 9.59 Å². The molecule has 2 aliphatic heterocycles. The zero-order valence-electron chi connectivity index (χ0n) is 10.6. The van der Waals surface area contributed by atoms with Crippen LogP contribution in [0.4, 0.5) is 0 Å². The molecule has 0 N–H and O–H groups in total. The van der Waals surface area contributed by atoms with Gasteiger partial charge in [-0.05, 0) is 0 Å². The van der Waals surface area contributed by atoms with Crippen molar-refractivity contribution in [3.63, 3.8) is 0 Å². The first-order valence-corrected chi connectivity index (χ1v) is 5.94. The molecule has 0 aromatic rings. The molecule has 0 unspecified atom stereocenters. The van der Waals surface area contributed by atoms with E-state index in [0.29, 0.717) is 32.1 Å². The first kappa shape index (κ1) is 12.9. The van der Waals surface area contributed by atoms with Gasteiger partial charge in [0.2, 0.25) is 11.7 Å². The van der Waals surface area contributed by atoms with Gasteiger partial charge in [0, 0.05) is 26.9 Å². The number of carbonyl (C=O) groups excluding carboxylic acids is 2. The minimum absolute atomic E-state index is 0.0601. The maximum Gasteiger partial charge on any atom is 0.337 e. The van der Waals surface area contributed by atoms with Crippen LogP contribution in [0.5, 0.6) is 0 Å². The molecule has 2 aliphatic rings. The van der Waals surface area contributed by atoms with Crippen molar-refractivity contribution in [1.29, 1.82) is 0 Å². The van der Waals surface area contributed by atoms with Gasteiger partial charge in [0.05, 0.1) is 25.7 Å². The van der Waals surface area contributed by atoms with E-state index in [1.165, 1.54) is 6.08 Å². The van der Waals surface area contributed by atoms with Crippen molar-refractivity contribution in [2.45, 2.75) is 26.1 Å². The highest BCUT2D eigenvalue weighted by Crippen LogP contribution is 2.24. The summed E-state index contributed by atoms with van der Waals surface area (Å²) in [6.45, 7) is 5.55. The topological polar surface area (TPSA) is 65.1 Å². The molecule has 1 fully saturated rings. The van der Waals surface area contributed by atoms with Crippen LogP contribution in [-0.4, -0.2) is 48.9 Å². The van der Waals surface area contributed by atoms with Gasteiger partial charge in [0.1, 0.15) is 5.76 Å². The number of hydrogen-bond acceptors (Lipinski definition) is 5. The maximum atomic E-state index is 12.0. The van der Waals surface area contributed by atoms with Crippen LogP contribution in [0.3, 0.4) is 0 Å². The van der Waals surface area contributed by atoms with E-state index in [0.717, 1.165) is 0 Å². The number of hydrogen-bond donors (Lipinski definition) is 0. The van der Waals surface area contributed by atoms with Crippen molar-refractivity contribution in [2.75, 3.05) is 26.3 Å². The predicted octanol–water partition coefficient (Wildman–Crippen LogP) is 0.429. The zero-order chi connectivity index (χ0) is 13.2. The number of ether oxygens (including phenoxy) is 3. The Morgan fingerprint density at radius 3 is 2.61 bits per heavy atom. The summed E-state index contributed by atoms with van der Waals surface area (Å²) in [7, 11) is 0. The molecular formula is C12H17NO5. The molecule has 18 heavy (non-hydrogen) atoms. The van der Waals surface area contributed by atoms with Crippen LogP contribution < -0.4 is 0 Å². The third-order valence-corrected chi connectivity index (χ3v) is 2.69. The molecular weight excluding hydrogens is 238 g/mol. The van der Waals surface area contributed by atoms with E-state index in [-0.39, 0.29) is 12.3 Å². The number of nitrogens with zero attached hydrogens (tertiary/aromatic N) is 1. The fourth-order valence-electron chi connectivity index (χ4n) is 1.93. The molecule has 2 heterocycles. The standard InChI is InChI=1S/C12H17NO5/c1-12(2)17-9(8-11(15)18-12)7-10(14)13-3-5-16-6-4-13/h8H,3-7H2,1-2H3. The number of morpholine rings is 1. The van der Waals surface area contributed by atoms with Gasteiger partial charge in [0.15, 0.2) is 0 Å². The lowest BCUT2D eigenvalue weighted by molar-refractivity contribution is -0.206. The van der Waals surface area contributed by atoms with Gasteiger partial charge in [-0.2, -0.15) is 0 Å². The molecule has 1 saturated heterocycles. The Hall–Kier alpha value is -1.56. The average molecular weight is 255 g/mol. The summed E-state index contributed by atoms with van der Waals surface area (Å²) in [5.41, 5.74) is 0. The van der Waals surface area contributed by atoms with Crippen molar-refractivity contribution in [2.24, 2.45) is 0 Å². The third-order valence-electron chi connectivity index (χ3n) is 2.69. The summed E-state index contributed by atoms with van der Waals surface area (Å²) < 4.78 is 15.6. The first-order valence-electron chi connectivity index (χ1n) is 5.94. The summed E-state index contributed by atoms with van der Waals surface area (Å²) in [6, 6.07) is 0. The number of carbonyl (C=O) groups is 2. The molecule has 6 nitrogen and oxygen atoms in total. The largest absolute Gasteiger partial charge is 0.456 e. The Morgan fingerprint density at radius 1 is 1.33 bits per heavy atom. The van der Waals surface area contributed by atoms with E-state index >= 15 is 0 Å². The van der Waals surface area contributed by atoms with Gasteiger partial charge in [-0.25, -0.2) is 4.79 Å². The highest BCUT2D eigenvalue weighted by Gasteiger charge is 2.31. The number of amides is 1. The molecule has 0 saturated carbocycles. The monoisotopic (exact) mass is 255 g/mol. The fourth-order valence-corrected chi connectivity index (χ4v) is 1.93. The van der Waals surface area contributed by atoms with Crippen LogP contribution in [0.1, 0.15) is 20.3 Å². The van der Waals surface area contributed by atoms with Crippen LogP contribution in [0, 0.1) is 0 Å². The molecule has 1 amide bonds. The second-order valence-corrected chi connectivity index (χ2v) is 4.70. The molecule has 0 bridgehead atoms. The van der Waals surface area contributed by atoms with Crippen molar-refractivity contribution in [1.82, 2.24) is 4.90 Å². The SMILES string of the molecule is CC1(C)OC(=O)C=C(CC(=O)N2CCOCC2)O1. The summed E-state index contributed by atoms with van der Waals surface area (Å²) in [4.78, 5) is 25.0. The van der Waals surface area contributed by atoms with Gasteiger partial charge >= 0.3 is 5.97 Å². The normalized spacial score (nSPS) is 22.9. The molecule has 100 valence electrons. The second-order valence-electron chi connectivity index (χ2n) is 4.70. The molecule has 0 radical (unpaired) electrons. The second kappa shape index (κ2) is 4.97. The number of rotatable bonds is 2. The van der Waals surface area contributed by atoms with Gasteiger partial charge in [-0.1, -0.05) is 0 Å². The van der Waals surface area contributed by atoms with Crippen LogP contribution >= 0.6 is 0 Å². The summed E-state index contributed by atoms with van der Waals surface area (Å²) >= 11 is 0. The van der Waals surface area contributed by atoms with Crippen LogP contribution in [-0.2, 0) is 23.8 Å². The third kappa shape index (κ3) is 3.22. The Labute approximate surface area is 105 Å². The lowest BCUT2D eigenvalue weighted by Crippen LogP contribution is -2.42. The smallest absolute Gasteiger partial charge is 0.337 e. The van der Waals surface area contributed by atoms with Gasteiger partial charge in [-0.15, -0.1) is 0 Å². The average Bonchev–Trinajstić information content (AvgIpc) is 2.27. The van der Waals surface area contributed by atoms with E-state index in [1.54, 1.807) is 18.7 Å². The Balaban J connectivity index is 1.96. The van der Waals surface area contributed by atoms with E-state index in [1.807, 2.05) is 0 Å². The van der Waals surface area contributed by atoms with Gasteiger partial charge in [0.25, 0.3) is 0 Å². The van der Waals surface area contributed by atoms with Gasteiger partial charge < -0.3 is 19.1 Å². The van der Waals surface area contributed by atoms with E-state index in [2.05, 4.69) is 0 Å². The minimum atomic E-state index is -1.01. The predicted molar refractivity (Wildman–Crippen MR) is 61.4 cm³/mol. The van der Waals surface area contributed by atoms with E-state index in [4.69, 9.17) is 14.2 Å². The summed E-state index contributed by atoms with van der Waals surface area (Å²) in [5.74, 6) is -1.19. The molecule has 0 aromatic heterocycles. The van der Waals surface area contributed by atoms with Gasteiger partial charge in [-0.3, -0.25) is 4.79 Å². The maximum absolute atomic E-state index is 12.0. The first-order chi connectivity index (χ1) is 8.46. The Kier molecular flexibility index (Phi) is 3.56. The van der Waals surface area contributed by atoms with E-state index < -0.39 is 11.8 Å². The number of esters is 1. The number of cyclic esters (lactones) is 1. The molecule has 0 aliphatic carbocycles. The molecule has 0 spiro atoms. The van der Waals surface area contributed by atoms with Crippen molar-refractivity contribution >= 4 is 11.9 Å². The molecule has 0 atom stereocenters. The summed E-state index contributed by atoms with van der Waals surface area (Å²) in [5, 5.41) is 0. The lowest BCUT2D eigenvalue weighted by Gasteiger charge is -2.32. The zero-order valence-corrected chi connectivity index (χ0v) is 10.6. The fraction of sp³-hybridized carbons (Fsp3) is 0.667. The van der Waals surface area contributed by atoms with Crippen molar-refractivity contribution < 1.29 is 23.8 Å². The minimum Gasteiger partial charge on any atom is -0.456 e. The highest BCUT2D eigenvalue weighted by molar-refractivity contribution is 5.86. The lowest BCUT2D eigenvalue weighted by atomic mass is 10.2. The quantitative estimate of drug-likeness (QED) is 0.669. The Bertz CT molecular complexity index is 382. The molecule has 2 rings (SSSR count). The Morgan fingerprint density at radius 2 is 2.00 bits per heavy atom. The molecule has 0 aromatic carbocycles. The molecule has 6 heteroatoms.